The Kier molecular flexibility index (Phi) is 4.94. The zero-order valence-corrected chi connectivity index (χ0v) is 13.9. The Bertz CT molecular complexity index is 698. The van der Waals surface area contributed by atoms with Gasteiger partial charge in [0.2, 0.25) is 5.91 Å². The summed E-state index contributed by atoms with van der Waals surface area (Å²) >= 11 is 0. The van der Waals surface area contributed by atoms with E-state index in [-0.39, 0.29) is 18.4 Å². The molecular formula is C16H22FN5O2. The molecule has 0 saturated carbocycles. The van der Waals surface area contributed by atoms with Gasteiger partial charge in [0.05, 0.1) is 18.3 Å². The average Bonchev–Trinajstić information content (AvgIpc) is 3.20. The first-order valence-electron chi connectivity index (χ1n) is 8.04. The maximum Gasteiger partial charge on any atom is 0.226 e. The second-order valence-electron chi connectivity index (χ2n) is 6.29. The Hall–Kier alpha value is -2.22. The summed E-state index contributed by atoms with van der Waals surface area (Å²) in [6.45, 7) is 3.22. The first kappa shape index (κ1) is 16.6. The van der Waals surface area contributed by atoms with E-state index in [4.69, 9.17) is 4.52 Å². The number of nitrogens with zero attached hydrogens (tertiary/aromatic N) is 4. The Balaban J connectivity index is 1.52. The van der Waals surface area contributed by atoms with Crippen LogP contribution < -0.4 is 5.32 Å². The predicted molar refractivity (Wildman–Crippen MR) is 84.9 cm³/mol. The van der Waals surface area contributed by atoms with Crippen molar-refractivity contribution in [3.05, 3.63) is 35.5 Å². The molecule has 1 fully saturated rings. The van der Waals surface area contributed by atoms with E-state index in [1.807, 2.05) is 24.9 Å². The number of rotatable bonds is 6. The lowest BCUT2D eigenvalue weighted by atomic mass is 10.2. The fourth-order valence-electron chi connectivity index (χ4n) is 3.03. The zero-order valence-electron chi connectivity index (χ0n) is 13.9. The van der Waals surface area contributed by atoms with Gasteiger partial charge in [0, 0.05) is 44.5 Å². The quantitative estimate of drug-likeness (QED) is 0.852. The van der Waals surface area contributed by atoms with Crippen LogP contribution in [-0.4, -0.2) is 51.0 Å². The predicted octanol–water partition coefficient (Wildman–Crippen LogP) is 0.988. The highest BCUT2D eigenvalue weighted by Gasteiger charge is 2.32. The van der Waals surface area contributed by atoms with E-state index in [0.717, 1.165) is 17.0 Å². The molecule has 0 bridgehead atoms. The molecule has 0 aromatic carbocycles. The number of carbonyl (C=O) groups excluding carboxylic acids is 1. The Labute approximate surface area is 139 Å². The Morgan fingerprint density at radius 3 is 3.04 bits per heavy atom. The molecular weight excluding hydrogens is 313 g/mol. The number of hydrogen-bond donors (Lipinski definition) is 1. The minimum atomic E-state index is -0.872. The number of aryl methyl sites for hydroxylation is 2. The molecule has 2 atom stereocenters. The van der Waals surface area contributed by atoms with Crippen molar-refractivity contribution < 1.29 is 13.7 Å². The van der Waals surface area contributed by atoms with Crippen LogP contribution >= 0.6 is 0 Å². The van der Waals surface area contributed by atoms with Crippen molar-refractivity contribution in [1.29, 1.82) is 0 Å². The van der Waals surface area contributed by atoms with Gasteiger partial charge < -0.3 is 9.84 Å². The summed E-state index contributed by atoms with van der Waals surface area (Å²) < 4.78 is 20.5. The molecule has 3 heterocycles. The number of hydrogen-bond acceptors (Lipinski definition) is 5. The first-order valence-corrected chi connectivity index (χ1v) is 8.04. The van der Waals surface area contributed by atoms with Gasteiger partial charge in [-0.25, -0.2) is 4.39 Å². The van der Waals surface area contributed by atoms with Crippen LogP contribution in [0.25, 0.3) is 0 Å². The third kappa shape index (κ3) is 4.00. The third-order valence-electron chi connectivity index (χ3n) is 4.35. The van der Waals surface area contributed by atoms with E-state index >= 15 is 0 Å². The van der Waals surface area contributed by atoms with Crippen LogP contribution in [0.2, 0.25) is 0 Å². The number of aromatic nitrogens is 3. The van der Waals surface area contributed by atoms with Crippen LogP contribution in [0.5, 0.6) is 0 Å². The van der Waals surface area contributed by atoms with E-state index in [1.165, 1.54) is 0 Å². The molecule has 1 N–H and O–H groups in total. The van der Waals surface area contributed by atoms with E-state index in [2.05, 4.69) is 15.6 Å². The van der Waals surface area contributed by atoms with Crippen LogP contribution in [-0.2, 0) is 24.8 Å². The molecule has 0 spiro atoms. The van der Waals surface area contributed by atoms with Gasteiger partial charge in [-0.05, 0) is 19.4 Å². The summed E-state index contributed by atoms with van der Waals surface area (Å²) in [5, 5.41) is 10.8. The molecule has 2 aromatic rings. The van der Waals surface area contributed by atoms with Crippen molar-refractivity contribution in [2.45, 2.75) is 38.5 Å². The lowest BCUT2D eigenvalue weighted by Crippen LogP contribution is -2.40. The maximum absolute atomic E-state index is 13.8. The second-order valence-corrected chi connectivity index (χ2v) is 6.29. The molecule has 1 aliphatic rings. The van der Waals surface area contributed by atoms with Crippen LogP contribution in [0.15, 0.2) is 23.0 Å². The molecule has 8 heteroatoms. The zero-order chi connectivity index (χ0) is 17.1. The van der Waals surface area contributed by atoms with Crippen LogP contribution in [0.3, 0.4) is 0 Å². The van der Waals surface area contributed by atoms with E-state index in [9.17, 15) is 9.18 Å². The number of alkyl halides is 1. The number of nitrogens with one attached hydrogen (secondary N) is 1. The normalized spacial score (nSPS) is 21.3. The van der Waals surface area contributed by atoms with Crippen LogP contribution in [0, 0.1) is 6.92 Å². The molecule has 24 heavy (non-hydrogen) atoms. The largest absolute Gasteiger partial charge is 0.361 e. The van der Waals surface area contributed by atoms with Crippen LogP contribution in [0.4, 0.5) is 4.39 Å². The highest BCUT2D eigenvalue weighted by Crippen LogP contribution is 2.23. The van der Waals surface area contributed by atoms with Crippen molar-refractivity contribution in [2.75, 3.05) is 13.1 Å². The summed E-state index contributed by atoms with van der Waals surface area (Å²) in [4.78, 5) is 14.1. The van der Waals surface area contributed by atoms with Gasteiger partial charge in [0.25, 0.3) is 0 Å². The number of halogens is 1. The van der Waals surface area contributed by atoms with Gasteiger partial charge >= 0.3 is 0 Å². The Morgan fingerprint density at radius 2 is 2.38 bits per heavy atom. The second kappa shape index (κ2) is 7.12. The maximum atomic E-state index is 13.8. The highest BCUT2D eigenvalue weighted by atomic mass is 19.1. The fraction of sp³-hybridized carbons (Fsp3) is 0.562. The SMILES string of the molecule is Cc1oncc1CN1C[C@@H](F)C[C@H]1CNC(=O)Cc1ccn(C)n1. The summed E-state index contributed by atoms with van der Waals surface area (Å²) in [5.74, 6) is 0.646. The van der Waals surface area contributed by atoms with Gasteiger partial charge in [0.15, 0.2) is 0 Å². The summed E-state index contributed by atoms with van der Waals surface area (Å²) in [7, 11) is 1.81. The lowest BCUT2D eigenvalue weighted by Gasteiger charge is -2.23. The number of carbonyl (C=O) groups is 1. The summed E-state index contributed by atoms with van der Waals surface area (Å²) in [6.07, 6.45) is 3.25. The molecule has 130 valence electrons. The molecule has 0 aliphatic carbocycles. The summed E-state index contributed by atoms with van der Waals surface area (Å²) in [5.41, 5.74) is 1.68. The van der Waals surface area contributed by atoms with Crippen molar-refractivity contribution in [3.63, 3.8) is 0 Å². The van der Waals surface area contributed by atoms with Crippen LogP contribution in [0.1, 0.15) is 23.4 Å². The monoisotopic (exact) mass is 335 g/mol. The van der Waals surface area contributed by atoms with E-state index < -0.39 is 6.17 Å². The fourth-order valence-corrected chi connectivity index (χ4v) is 3.03. The van der Waals surface area contributed by atoms with Gasteiger partial charge in [-0.3, -0.25) is 14.4 Å². The van der Waals surface area contributed by atoms with Gasteiger partial charge in [-0.1, -0.05) is 5.16 Å². The van der Waals surface area contributed by atoms with Crippen molar-refractivity contribution in [2.24, 2.45) is 7.05 Å². The average molecular weight is 335 g/mol. The standard InChI is InChI=1S/C16H22FN5O2/c1-11-12(7-19-24-11)9-22-10-13(17)5-15(22)8-18-16(23)6-14-3-4-21(2)20-14/h3-4,7,13,15H,5-6,8-10H2,1-2H3,(H,18,23)/t13-,15-/m0/s1. The molecule has 2 aromatic heterocycles. The van der Waals surface area contributed by atoms with Crippen molar-refractivity contribution in [3.8, 4) is 0 Å². The summed E-state index contributed by atoms with van der Waals surface area (Å²) in [6, 6.07) is 1.79. The lowest BCUT2D eigenvalue weighted by molar-refractivity contribution is -0.120. The molecule has 3 rings (SSSR count). The number of likely N-dealkylation sites (tertiary alicyclic amines) is 1. The number of amides is 1. The Morgan fingerprint density at radius 1 is 1.54 bits per heavy atom. The van der Waals surface area contributed by atoms with Crippen molar-refractivity contribution in [1.82, 2.24) is 25.2 Å². The minimum absolute atomic E-state index is 0.0259. The molecule has 0 radical (unpaired) electrons. The van der Waals surface area contributed by atoms with E-state index in [1.54, 1.807) is 17.1 Å². The van der Waals surface area contributed by atoms with Crippen molar-refractivity contribution >= 4 is 5.91 Å². The van der Waals surface area contributed by atoms with Gasteiger partial charge in [-0.2, -0.15) is 5.10 Å². The molecule has 0 unspecified atom stereocenters. The first-order chi connectivity index (χ1) is 11.5. The van der Waals surface area contributed by atoms with E-state index in [0.29, 0.717) is 26.1 Å². The topological polar surface area (TPSA) is 76.2 Å². The van der Waals surface area contributed by atoms with Gasteiger partial charge in [0.1, 0.15) is 11.9 Å². The molecule has 1 saturated heterocycles. The molecule has 1 aliphatic heterocycles. The molecule has 7 nitrogen and oxygen atoms in total. The highest BCUT2D eigenvalue weighted by molar-refractivity contribution is 5.78. The third-order valence-corrected chi connectivity index (χ3v) is 4.35. The molecule has 1 amide bonds. The van der Waals surface area contributed by atoms with Gasteiger partial charge in [-0.15, -0.1) is 0 Å². The minimum Gasteiger partial charge on any atom is -0.361 e. The smallest absolute Gasteiger partial charge is 0.226 e.